The lowest BCUT2D eigenvalue weighted by atomic mass is 10.0. The van der Waals surface area contributed by atoms with E-state index in [0.717, 1.165) is 12.8 Å². The second kappa shape index (κ2) is 15.3. The molecule has 0 unspecified atom stereocenters. The van der Waals surface area contributed by atoms with E-state index in [0.29, 0.717) is 12.2 Å². The Balaban J connectivity index is 1.74. The Hall–Kier alpha value is -1.19. The van der Waals surface area contributed by atoms with Crippen molar-refractivity contribution in [3.05, 3.63) is 12.2 Å². The number of hydrogen-bond donors (Lipinski definition) is 1. The molecule has 1 aromatic heterocycles. The second-order valence-electron chi connectivity index (χ2n) is 6.96. The standard InChI is InChI=1S/C20H37N3O/c1-2-3-4-5-6-7-8-9-10-11-12-13-14-15-16-17-19(24)20-21-18-22-23-20/h18H,2-17H2,1H3,(H,21,22,23). The molecule has 1 N–H and O–H groups in total. The summed E-state index contributed by atoms with van der Waals surface area (Å²) in [5.74, 6) is 0.488. The molecule has 4 nitrogen and oxygen atoms in total. The monoisotopic (exact) mass is 335 g/mol. The van der Waals surface area contributed by atoms with E-state index in [9.17, 15) is 4.79 Å². The molecule has 0 saturated carbocycles. The first-order valence-electron chi connectivity index (χ1n) is 10.2. The molecule has 0 aliphatic carbocycles. The topological polar surface area (TPSA) is 58.6 Å². The van der Waals surface area contributed by atoms with Gasteiger partial charge >= 0.3 is 0 Å². The number of carbonyl (C=O) groups is 1. The molecule has 0 saturated heterocycles. The summed E-state index contributed by atoms with van der Waals surface area (Å²) in [6.07, 6.45) is 22.1. The zero-order valence-corrected chi connectivity index (χ0v) is 15.7. The van der Waals surface area contributed by atoms with Crippen molar-refractivity contribution >= 4 is 5.78 Å². The lowest BCUT2D eigenvalue weighted by Crippen LogP contribution is -2.01. The largest absolute Gasteiger partial charge is 0.291 e. The Labute approximate surface area is 148 Å². The van der Waals surface area contributed by atoms with Gasteiger partial charge in [0.05, 0.1) is 0 Å². The van der Waals surface area contributed by atoms with Crippen molar-refractivity contribution in [3.63, 3.8) is 0 Å². The van der Waals surface area contributed by atoms with Crippen LogP contribution >= 0.6 is 0 Å². The molecule has 1 aromatic rings. The van der Waals surface area contributed by atoms with Crippen LogP contribution in [0.15, 0.2) is 6.33 Å². The number of nitrogens with one attached hydrogen (secondary N) is 1. The zero-order valence-electron chi connectivity index (χ0n) is 15.7. The van der Waals surface area contributed by atoms with E-state index < -0.39 is 0 Å². The van der Waals surface area contributed by atoms with Gasteiger partial charge in [-0.25, -0.2) is 4.98 Å². The highest BCUT2D eigenvalue weighted by Gasteiger charge is 2.07. The SMILES string of the molecule is CCCCCCCCCCCCCCCCCC(=O)c1ncn[nH]1. The highest BCUT2D eigenvalue weighted by molar-refractivity contribution is 5.92. The molecule has 1 rings (SSSR count). The maximum Gasteiger partial charge on any atom is 0.199 e. The van der Waals surface area contributed by atoms with Crippen molar-refractivity contribution in [2.24, 2.45) is 0 Å². The number of aromatic amines is 1. The molecular formula is C20H37N3O. The number of aromatic nitrogens is 3. The van der Waals surface area contributed by atoms with E-state index in [1.54, 1.807) is 0 Å². The fourth-order valence-electron chi connectivity index (χ4n) is 3.12. The summed E-state index contributed by atoms with van der Waals surface area (Å²) in [5.41, 5.74) is 0. The molecule has 0 bridgehead atoms. The summed E-state index contributed by atoms with van der Waals surface area (Å²) >= 11 is 0. The van der Waals surface area contributed by atoms with Crippen LogP contribution < -0.4 is 0 Å². The van der Waals surface area contributed by atoms with Gasteiger partial charge in [0, 0.05) is 6.42 Å². The van der Waals surface area contributed by atoms with Crippen molar-refractivity contribution < 1.29 is 4.79 Å². The van der Waals surface area contributed by atoms with Gasteiger partial charge in [-0.2, -0.15) is 5.10 Å². The molecule has 0 aliphatic heterocycles. The summed E-state index contributed by atoms with van der Waals surface area (Å²) in [7, 11) is 0. The van der Waals surface area contributed by atoms with Gasteiger partial charge in [0.1, 0.15) is 6.33 Å². The fourth-order valence-corrected chi connectivity index (χ4v) is 3.12. The highest BCUT2D eigenvalue weighted by atomic mass is 16.1. The Morgan fingerprint density at radius 1 is 0.792 bits per heavy atom. The molecule has 0 aromatic carbocycles. The third-order valence-electron chi connectivity index (χ3n) is 4.69. The van der Waals surface area contributed by atoms with Gasteiger partial charge in [-0.15, -0.1) is 0 Å². The molecule has 24 heavy (non-hydrogen) atoms. The molecule has 1 heterocycles. The van der Waals surface area contributed by atoms with E-state index in [2.05, 4.69) is 22.1 Å². The predicted molar refractivity (Wildman–Crippen MR) is 100 cm³/mol. The van der Waals surface area contributed by atoms with Crippen LogP contribution in [0.3, 0.4) is 0 Å². The molecule has 0 amide bonds. The van der Waals surface area contributed by atoms with Crippen molar-refractivity contribution in [3.8, 4) is 0 Å². The van der Waals surface area contributed by atoms with Crippen molar-refractivity contribution in [2.45, 2.75) is 110 Å². The number of rotatable bonds is 17. The minimum absolute atomic E-state index is 0.0854. The van der Waals surface area contributed by atoms with Crippen LogP contribution in [0.1, 0.15) is 120 Å². The Bertz CT molecular complexity index is 390. The molecule has 0 spiro atoms. The van der Waals surface area contributed by atoms with Gasteiger partial charge in [-0.05, 0) is 6.42 Å². The summed E-state index contributed by atoms with van der Waals surface area (Å²) in [6, 6.07) is 0. The van der Waals surface area contributed by atoms with Crippen LogP contribution in [0.2, 0.25) is 0 Å². The molecular weight excluding hydrogens is 298 g/mol. The van der Waals surface area contributed by atoms with Crippen molar-refractivity contribution in [2.75, 3.05) is 0 Å². The average Bonchev–Trinajstić information content (AvgIpc) is 3.13. The molecule has 4 heteroatoms. The van der Waals surface area contributed by atoms with E-state index in [1.807, 2.05) is 0 Å². The minimum Gasteiger partial charge on any atom is -0.291 e. The van der Waals surface area contributed by atoms with Gasteiger partial charge in [-0.3, -0.25) is 9.89 Å². The normalized spacial score (nSPS) is 11.0. The second-order valence-corrected chi connectivity index (χ2v) is 6.96. The maximum atomic E-state index is 11.7. The van der Waals surface area contributed by atoms with Gasteiger partial charge in [-0.1, -0.05) is 96.8 Å². The molecule has 0 aliphatic rings. The van der Waals surface area contributed by atoms with Gasteiger partial charge in [0.15, 0.2) is 11.6 Å². The summed E-state index contributed by atoms with van der Waals surface area (Å²) in [5, 5.41) is 6.34. The van der Waals surface area contributed by atoms with Gasteiger partial charge in [0.25, 0.3) is 0 Å². The number of ketones is 1. The highest BCUT2D eigenvalue weighted by Crippen LogP contribution is 2.14. The number of H-pyrrole nitrogens is 1. The molecule has 0 atom stereocenters. The summed E-state index contributed by atoms with van der Waals surface area (Å²) < 4.78 is 0. The van der Waals surface area contributed by atoms with E-state index >= 15 is 0 Å². The molecule has 0 radical (unpaired) electrons. The van der Waals surface area contributed by atoms with E-state index in [4.69, 9.17) is 0 Å². The fraction of sp³-hybridized carbons (Fsp3) is 0.850. The van der Waals surface area contributed by atoms with Crippen molar-refractivity contribution in [1.82, 2.24) is 15.2 Å². The quantitative estimate of drug-likeness (QED) is 0.270. The van der Waals surface area contributed by atoms with Gasteiger partial charge in [0.2, 0.25) is 0 Å². The van der Waals surface area contributed by atoms with Crippen LogP contribution in [-0.2, 0) is 0 Å². The van der Waals surface area contributed by atoms with Crippen molar-refractivity contribution in [1.29, 1.82) is 0 Å². The number of carbonyl (C=O) groups excluding carboxylic acids is 1. The van der Waals surface area contributed by atoms with Gasteiger partial charge < -0.3 is 0 Å². The Kier molecular flexibility index (Phi) is 13.3. The lowest BCUT2D eigenvalue weighted by molar-refractivity contribution is 0.0969. The molecule has 138 valence electrons. The van der Waals surface area contributed by atoms with E-state index in [1.165, 1.54) is 89.8 Å². The summed E-state index contributed by atoms with van der Waals surface area (Å²) in [6.45, 7) is 2.28. The third kappa shape index (κ3) is 11.4. The predicted octanol–water partition coefficient (Wildman–Crippen LogP) is 6.25. The summed E-state index contributed by atoms with van der Waals surface area (Å²) in [4.78, 5) is 15.6. The Morgan fingerprint density at radius 2 is 1.25 bits per heavy atom. The number of nitrogens with zero attached hydrogens (tertiary/aromatic N) is 2. The first-order chi connectivity index (χ1) is 11.8. The number of unbranched alkanes of at least 4 members (excludes halogenated alkanes) is 14. The van der Waals surface area contributed by atoms with Crippen LogP contribution in [0.5, 0.6) is 0 Å². The minimum atomic E-state index is 0.0854. The van der Waals surface area contributed by atoms with Crippen LogP contribution in [0, 0.1) is 0 Å². The smallest absolute Gasteiger partial charge is 0.199 e. The van der Waals surface area contributed by atoms with Crippen LogP contribution in [0.4, 0.5) is 0 Å². The number of hydrogen-bond acceptors (Lipinski definition) is 3. The van der Waals surface area contributed by atoms with Crippen LogP contribution in [0.25, 0.3) is 0 Å². The first-order valence-corrected chi connectivity index (χ1v) is 10.2. The maximum absolute atomic E-state index is 11.7. The third-order valence-corrected chi connectivity index (χ3v) is 4.69. The lowest BCUT2D eigenvalue weighted by Gasteiger charge is -2.03. The van der Waals surface area contributed by atoms with Crippen LogP contribution in [-0.4, -0.2) is 21.0 Å². The van der Waals surface area contributed by atoms with E-state index in [-0.39, 0.29) is 5.78 Å². The average molecular weight is 336 g/mol. The zero-order chi connectivity index (χ0) is 17.3. The first kappa shape index (κ1) is 20.9. The Morgan fingerprint density at radius 3 is 1.67 bits per heavy atom. The number of Topliss-reactive ketones (excluding diaryl/α,β-unsaturated/α-hetero) is 1. The molecule has 0 fully saturated rings.